The predicted octanol–water partition coefficient (Wildman–Crippen LogP) is -0.559. The molecule has 1 rings (SSSR count). The molecule has 0 aliphatic heterocycles. The second kappa shape index (κ2) is 6.30. The highest BCUT2D eigenvalue weighted by Crippen LogP contribution is 2.09. The molecule has 3 N–H and O–H groups in total. The molecule has 2 amide bonds. The number of carbonyl (C=O) groups is 2. The van der Waals surface area contributed by atoms with E-state index in [2.05, 4.69) is 10.1 Å². The molecule has 8 heteroatoms. The standard InChI is InChI=1S/C11H15N3O4S/c1-8-3-5-10(6-4-8)19(17,18)12-7-11(16)14-13-9(2)15/h3-6,12H,7H2,1-2H3,(H,13,15)(H,14,16). The van der Waals surface area contributed by atoms with E-state index in [1.165, 1.54) is 19.1 Å². The van der Waals surface area contributed by atoms with E-state index < -0.39 is 28.4 Å². The summed E-state index contributed by atoms with van der Waals surface area (Å²) >= 11 is 0. The molecule has 0 saturated heterocycles. The molecular weight excluding hydrogens is 270 g/mol. The van der Waals surface area contributed by atoms with Crippen molar-refractivity contribution >= 4 is 21.8 Å². The van der Waals surface area contributed by atoms with Gasteiger partial charge in [0.2, 0.25) is 15.9 Å². The Morgan fingerprint density at radius 3 is 2.21 bits per heavy atom. The number of aryl methyl sites for hydroxylation is 1. The molecule has 0 radical (unpaired) electrons. The van der Waals surface area contributed by atoms with Crippen molar-refractivity contribution < 1.29 is 18.0 Å². The lowest BCUT2D eigenvalue weighted by atomic mass is 10.2. The molecule has 1 aromatic carbocycles. The van der Waals surface area contributed by atoms with E-state index in [0.29, 0.717) is 0 Å². The average molecular weight is 285 g/mol. The molecule has 1 aromatic rings. The zero-order chi connectivity index (χ0) is 14.5. The molecule has 19 heavy (non-hydrogen) atoms. The summed E-state index contributed by atoms with van der Waals surface area (Å²) in [5.41, 5.74) is 5.04. The summed E-state index contributed by atoms with van der Waals surface area (Å²) in [4.78, 5) is 21.8. The number of nitrogens with one attached hydrogen (secondary N) is 3. The molecule has 0 spiro atoms. The zero-order valence-electron chi connectivity index (χ0n) is 10.6. The van der Waals surface area contributed by atoms with Crippen molar-refractivity contribution in [1.82, 2.24) is 15.6 Å². The maximum Gasteiger partial charge on any atom is 0.253 e. The van der Waals surface area contributed by atoms with Gasteiger partial charge in [-0.2, -0.15) is 0 Å². The lowest BCUT2D eigenvalue weighted by Crippen LogP contribution is -2.45. The third kappa shape index (κ3) is 5.06. The van der Waals surface area contributed by atoms with Crippen LogP contribution in [0.15, 0.2) is 29.2 Å². The van der Waals surface area contributed by atoms with Crippen LogP contribution in [0.3, 0.4) is 0 Å². The number of hydrogen-bond acceptors (Lipinski definition) is 4. The van der Waals surface area contributed by atoms with Crippen molar-refractivity contribution in [2.45, 2.75) is 18.7 Å². The molecule has 0 bridgehead atoms. The summed E-state index contributed by atoms with van der Waals surface area (Å²) in [5, 5.41) is 0. The van der Waals surface area contributed by atoms with Crippen LogP contribution in [-0.4, -0.2) is 26.8 Å². The first-order chi connectivity index (χ1) is 8.81. The minimum absolute atomic E-state index is 0.0745. The van der Waals surface area contributed by atoms with Crippen molar-refractivity contribution in [1.29, 1.82) is 0 Å². The van der Waals surface area contributed by atoms with Crippen molar-refractivity contribution in [3.05, 3.63) is 29.8 Å². The van der Waals surface area contributed by atoms with Gasteiger partial charge < -0.3 is 0 Å². The fourth-order valence-corrected chi connectivity index (χ4v) is 2.15. The van der Waals surface area contributed by atoms with Crippen molar-refractivity contribution in [2.75, 3.05) is 6.54 Å². The zero-order valence-corrected chi connectivity index (χ0v) is 11.4. The monoisotopic (exact) mass is 285 g/mol. The quantitative estimate of drug-likeness (QED) is 0.645. The minimum Gasteiger partial charge on any atom is -0.274 e. The largest absolute Gasteiger partial charge is 0.274 e. The van der Waals surface area contributed by atoms with Gasteiger partial charge in [-0.3, -0.25) is 20.4 Å². The van der Waals surface area contributed by atoms with Crippen LogP contribution in [0.1, 0.15) is 12.5 Å². The summed E-state index contributed by atoms with van der Waals surface area (Å²) in [6.07, 6.45) is 0. The Morgan fingerprint density at radius 2 is 1.68 bits per heavy atom. The van der Waals surface area contributed by atoms with Crippen LogP contribution in [0.25, 0.3) is 0 Å². The normalized spacial score (nSPS) is 10.8. The SMILES string of the molecule is CC(=O)NNC(=O)CNS(=O)(=O)c1ccc(C)cc1. The number of amides is 2. The van der Waals surface area contributed by atoms with Gasteiger partial charge in [-0.15, -0.1) is 0 Å². The lowest BCUT2D eigenvalue weighted by molar-refractivity contribution is -0.127. The molecule has 0 heterocycles. The number of carbonyl (C=O) groups excluding carboxylic acids is 2. The van der Waals surface area contributed by atoms with Crippen molar-refractivity contribution in [2.24, 2.45) is 0 Å². The van der Waals surface area contributed by atoms with Crippen LogP contribution < -0.4 is 15.6 Å². The van der Waals surface area contributed by atoms with Gasteiger partial charge in [-0.1, -0.05) is 17.7 Å². The molecule has 0 fully saturated rings. The Labute approximate surface area is 111 Å². The van der Waals surface area contributed by atoms with E-state index in [1.54, 1.807) is 12.1 Å². The summed E-state index contributed by atoms with van der Waals surface area (Å²) in [5.74, 6) is -1.11. The third-order valence-corrected chi connectivity index (χ3v) is 3.55. The van der Waals surface area contributed by atoms with Gasteiger partial charge in [-0.25, -0.2) is 13.1 Å². The molecule has 0 unspecified atom stereocenters. The lowest BCUT2D eigenvalue weighted by Gasteiger charge is -2.08. The Morgan fingerprint density at radius 1 is 1.11 bits per heavy atom. The number of hydrazine groups is 1. The molecular formula is C11H15N3O4S. The summed E-state index contributed by atoms with van der Waals surface area (Å²) in [6, 6.07) is 6.21. The average Bonchev–Trinajstić information content (AvgIpc) is 2.34. The first-order valence-corrected chi connectivity index (χ1v) is 6.91. The van der Waals surface area contributed by atoms with Crippen LogP contribution in [0.2, 0.25) is 0 Å². The van der Waals surface area contributed by atoms with E-state index in [0.717, 1.165) is 5.56 Å². The third-order valence-electron chi connectivity index (χ3n) is 2.13. The number of benzene rings is 1. The fourth-order valence-electron chi connectivity index (χ4n) is 1.16. The van der Waals surface area contributed by atoms with Crippen LogP contribution in [0.4, 0.5) is 0 Å². The summed E-state index contributed by atoms with van der Waals surface area (Å²) < 4.78 is 25.7. The Balaban J connectivity index is 2.58. The van der Waals surface area contributed by atoms with Gasteiger partial charge in [0.1, 0.15) is 0 Å². The van der Waals surface area contributed by atoms with E-state index >= 15 is 0 Å². The molecule has 0 aliphatic carbocycles. The van der Waals surface area contributed by atoms with Gasteiger partial charge >= 0.3 is 0 Å². The highest BCUT2D eigenvalue weighted by atomic mass is 32.2. The minimum atomic E-state index is -3.73. The second-order valence-electron chi connectivity index (χ2n) is 3.87. The van der Waals surface area contributed by atoms with Gasteiger partial charge in [-0.05, 0) is 19.1 Å². The Bertz CT molecular complexity index is 566. The van der Waals surface area contributed by atoms with E-state index in [-0.39, 0.29) is 4.90 Å². The number of rotatable bonds is 4. The topological polar surface area (TPSA) is 104 Å². The maximum atomic E-state index is 11.8. The number of sulfonamides is 1. The van der Waals surface area contributed by atoms with Crippen molar-refractivity contribution in [3.63, 3.8) is 0 Å². The van der Waals surface area contributed by atoms with Crippen molar-refractivity contribution in [3.8, 4) is 0 Å². The van der Waals surface area contributed by atoms with Crippen LogP contribution in [0.5, 0.6) is 0 Å². The molecule has 7 nitrogen and oxygen atoms in total. The van der Waals surface area contributed by atoms with Gasteiger partial charge in [0.25, 0.3) is 5.91 Å². The smallest absolute Gasteiger partial charge is 0.253 e. The van der Waals surface area contributed by atoms with Crippen LogP contribution in [0, 0.1) is 6.92 Å². The van der Waals surface area contributed by atoms with Gasteiger partial charge in [0, 0.05) is 6.92 Å². The molecule has 0 aromatic heterocycles. The Hall–Kier alpha value is -1.93. The maximum absolute atomic E-state index is 11.8. The predicted molar refractivity (Wildman–Crippen MR) is 68.3 cm³/mol. The second-order valence-corrected chi connectivity index (χ2v) is 5.63. The number of hydrogen-bond donors (Lipinski definition) is 3. The van der Waals surface area contributed by atoms with E-state index in [4.69, 9.17) is 0 Å². The first-order valence-electron chi connectivity index (χ1n) is 5.43. The summed E-state index contributed by atoms with van der Waals surface area (Å²) in [7, 11) is -3.73. The Kier molecular flexibility index (Phi) is 5.02. The summed E-state index contributed by atoms with van der Waals surface area (Å²) in [6.45, 7) is 2.60. The van der Waals surface area contributed by atoms with E-state index in [1.807, 2.05) is 12.3 Å². The van der Waals surface area contributed by atoms with Gasteiger partial charge in [0.05, 0.1) is 11.4 Å². The van der Waals surface area contributed by atoms with Gasteiger partial charge in [0.15, 0.2) is 0 Å². The highest BCUT2D eigenvalue weighted by molar-refractivity contribution is 7.89. The molecule has 0 aliphatic rings. The molecule has 0 atom stereocenters. The highest BCUT2D eigenvalue weighted by Gasteiger charge is 2.15. The first kappa shape index (κ1) is 15.1. The van der Waals surface area contributed by atoms with Crippen LogP contribution in [-0.2, 0) is 19.6 Å². The molecule has 0 saturated carbocycles. The van der Waals surface area contributed by atoms with Crippen LogP contribution >= 0.6 is 0 Å². The molecule has 104 valence electrons. The van der Waals surface area contributed by atoms with E-state index in [9.17, 15) is 18.0 Å². The fraction of sp³-hybridized carbons (Fsp3) is 0.273.